The van der Waals surface area contributed by atoms with E-state index in [0.717, 1.165) is 25.0 Å². The van der Waals surface area contributed by atoms with Crippen molar-refractivity contribution in [2.75, 3.05) is 26.6 Å². The average molecular weight is 404 g/mol. The van der Waals surface area contributed by atoms with E-state index in [2.05, 4.69) is 5.32 Å². The van der Waals surface area contributed by atoms with E-state index >= 15 is 0 Å². The highest BCUT2D eigenvalue weighted by atomic mass is 32.2. The molecule has 1 saturated heterocycles. The highest BCUT2D eigenvalue weighted by Gasteiger charge is 2.17. The van der Waals surface area contributed by atoms with Crippen LogP contribution in [0.25, 0.3) is 0 Å². The smallest absolute Gasteiger partial charge is 0.251 e. The van der Waals surface area contributed by atoms with Crippen molar-refractivity contribution in [3.63, 3.8) is 0 Å². The van der Waals surface area contributed by atoms with Gasteiger partial charge in [0.15, 0.2) is 11.5 Å². The predicted octanol–water partition coefficient (Wildman–Crippen LogP) is 2.92. The molecule has 2 unspecified atom stereocenters. The second kappa shape index (κ2) is 9.71. The number of amides is 1. The minimum atomic E-state index is -1.06. The summed E-state index contributed by atoms with van der Waals surface area (Å²) in [6, 6.07) is 12.4. The van der Waals surface area contributed by atoms with E-state index in [1.165, 1.54) is 0 Å². The Morgan fingerprint density at radius 2 is 2.00 bits per heavy atom. The lowest BCUT2D eigenvalue weighted by Gasteiger charge is -2.15. The van der Waals surface area contributed by atoms with Crippen molar-refractivity contribution < 1.29 is 23.2 Å². The lowest BCUT2D eigenvalue weighted by atomic mass is 10.1. The highest BCUT2D eigenvalue weighted by molar-refractivity contribution is 7.84. The molecular weight excluding hydrogens is 378 g/mol. The molecule has 0 aromatic heterocycles. The number of methoxy groups -OCH3 is 1. The summed E-state index contributed by atoms with van der Waals surface area (Å²) in [5.41, 5.74) is 1.43. The van der Waals surface area contributed by atoms with Gasteiger partial charge in [0.05, 0.1) is 13.2 Å². The van der Waals surface area contributed by atoms with Crippen LogP contribution in [0.15, 0.2) is 47.4 Å². The zero-order chi connectivity index (χ0) is 19.9. The van der Waals surface area contributed by atoms with Gasteiger partial charge in [0, 0.05) is 40.7 Å². The molecule has 3 rings (SSSR count). The van der Waals surface area contributed by atoms with Crippen molar-refractivity contribution in [2.24, 2.45) is 0 Å². The molecule has 1 aliphatic heterocycles. The molecule has 0 bridgehead atoms. The van der Waals surface area contributed by atoms with E-state index in [4.69, 9.17) is 14.2 Å². The quantitative estimate of drug-likeness (QED) is 0.734. The lowest BCUT2D eigenvalue weighted by molar-refractivity contribution is 0.0669. The maximum Gasteiger partial charge on any atom is 0.251 e. The van der Waals surface area contributed by atoms with Gasteiger partial charge in [0.1, 0.15) is 6.61 Å². The van der Waals surface area contributed by atoms with Crippen molar-refractivity contribution >= 4 is 16.7 Å². The lowest BCUT2D eigenvalue weighted by Crippen LogP contribution is -2.22. The monoisotopic (exact) mass is 403 g/mol. The molecule has 0 saturated carbocycles. The van der Waals surface area contributed by atoms with Gasteiger partial charge >= 0.3 is 0 Å². The summed E-state index contributed by atoms with van der Waals surface area (Å²) in [5, 5.41) is 2.88. The molecule has 1 amide bonds. The van der Waals surface area contributed by atoms with Crippen molar-refractivity contribution in [2.45, 2.75) is 30.4 Å². The first-order chi connectivity index (χ1) is 13.6. The summed E-state index contributed by atoms with van der Waals surface area (Å²) in [7, 11) is 0.535. The molecule has 1 N–H and O–H groups in total. The Hall–Kier alpha value is -2.38. The van der Waals surface area contributed by atoms with Gasteiger partial charge in [-0.05, 0) is 54.8 Å². The fourth-order valence-electron chi connectivity index (χ4n) is 2.98. The van der Waals surface area contributed by atoms with Crippen LogP contribution in [0, 0.1) is 0 Å². The van der Waals surface area contributed by atoms with Crippen LogP contribution in [0.4, 0.5) is 0 Å². The van der Waals surface area contributed by atoms with Gasteiger partial charge in [-0.1, -0.05) is 6.07 Å². The van der Waals surface area contributed by atoms with Crippen molar-refractivity contribution in [1.29, 1.82) is 0 Å². The summed E-state index contributed by atoms with van der Waals surface area (Å²) >= 11 is 0. The van der Waals surface area contributed by atoms with E-state index in [0.29, 0.717) is 35.1 Å². The normalized spacial score (nSPS) is 17.1. The number of hydrogen-bond donors (Lipinski definition) is 1. The summed E-state index contributed by atoms with van der Waals surface area (Å²) in [4.78, 5) is 13.0. The molecule has 0 spiro atoms. The molecule has 1 heterocycles. The molecule has 7 heteroatoms. The summed E-state index contributed by atoms with van der Waals surface area (Å²) < 4.78 is 28.2. The zero-order valence-electron chi connectivity index (χ0n) is 16.1. The summed E-state index contributed by atoms with van der Waals surface area (Å²) in [5.74, 6) is 1.10. The number of hydrogen-bond acceptors (Lipinski definition) is 5. The number of rotatable bonds is 8. The average Bonchev–Trinajstić information content (AvgIpc) is 3.24. The van der Waals surface area contributed by atoms with Crippen LogP contribution in [-0.4, -0.2) is 42.8 Å². The predicted molar refractivity (Wildman–Crippen MR) is 107 cm³/mol. The van der Waals surface area contributed by atoms with E-state index in [1.54, 1.807) is 37.6 Å². The number of carbonyl (C=O) groups is 1. The van der Waals surface area contributed by atoms with E-state index in [1.807, 2.05) is 18.2 Å². The van der Waals surface area contributed by atoms with Crippen molar-refractivity contribution in [3.8, 4) is 11.5 Å². The second-order valence-electron chi connectivity index (χ2n) is 6.59. The topological polar surface area (TPSA) is 73.9 Å². The van der Waals surface area contributed by atoms with Crippen molar-refractivity contribution in [1.82, 2.24) is 5.32 Å². The Balaban J connectivity index is 1.57. The molecule has 1 fully saturated rings. The number of ether oxygens (including phenoxy) is 3. The molecule has 150 valence electrons. The molecule has 6 nitrogen and oxygen atoms in total. The third kappa shape index (κ3) is 5.33. The van der Waals surface area contributed by atoms with E-state index < -0.39 is 10.8 Å². The van der Waals surface area contributed by atoms with Crippen LogP contribution in [0.1, 0.15) is 28.8 Å². The van der Waals surface area contributed by atoms with Gasteiger partial charge in [-0.2, -0.15) is 0 Å². The molecule has 2 aromatic carbocycles. The van der Waals surface area contributed by atoms with Crippen molar-refractivity contribution in [3.05, 3.63) is 53.6 Å². The standard InChI is InChI=1S/C21H25NO5S/c1-25-20-12-15(5-10-19(20)27-14-17-4-3-11-26-17)13-22-21(23)16-6-8-18(9-7-16)28(2)24/h5-10,12,17H,3-4,11,13-14H2,1-2H3,(H,22,23). The first kappa shape index (κ1) is 20.4. The molecule has 2 atom stereocenters. The van der Waals surface area contributed by atoms with E-state index in [-0.39, 0.29) is 12.0 Å². The largest absolute Gasteiger partial charge is 0.493 e. The zero-order valence-corrected chi connectivity index (χ0v) is 16.9. The Kier molecular flexibility index (Phi) is 7.06. The Morgan fingerprint density at radius 3 is 2.64 bits per heavy atom. The first-order valence-electron chi connectivity index (χ1n) is 9.20. The Labute approximate surface area is 167 Å². The molecule has 0 radical (unpaired) electrons. The fraction of sp³-hybridized carbons (Fsp3) is 0.381. The third-order valence-electron chi connectivity index (χ3n) is 4.58. The molecule has 2 aromatic rings. The minimum absolute atomic E-state index is 0.139. The van der Waals surface area contributed by atoms with Gasteiger partial charge in [0.2, 0.25) is 0 Å². The van der Waals surface area contributed by atoms with Crippen LogP contribution >= 0.6 is 0 Å². The maximum absolute atomic E-state index is 12.3. The van der Waals surface area contributed by atoms with Gasteiger partial charge in [-0.15, -0.1) is 0 Å². The molecule has 28 heavy (non-hydrogen) atoms. The SMILES string of the molecule is COc1cc(CNC(=O)c2ccc(S(C)=O)cc2)ccc1OCC1CCCO1. The molecule has 1 aliphatic rings. The maximum atomic E-state index is 12.3. The number of nitrogens with one attached hydrogen (secondary N) is 1. The number of benzene rings is 2. The van der Waals surface area contributed by atoms with Gasteiger partial charge in [-0.3, -0.25) is 9.00 Å². The van der Waals surface area contributed by atoms with E-state index in [9.17, 15) is 9.00 Å². The first-order valence-corrected chi connectivity index (χ1v) is 10.8. The van der Waals surface area contributed by atoms with Crippen LogP contribution in [0.5, 0.6) is 11.5 Å². The third-order valence-corrected chi connectivity index (χ3v) is 5.51. The summed E-state index contributed by atoms with van der Waals surface area (Å²) in [6.45, 7) is 1.66. The Bertz CT molecular complexity index is 831. The van der Waals surface area contributed by atoms with Crippen LogP contribution < -0.4 is 14.8 Å². The minimum Gasteiger partial charge on any atom is -0.493 e. The fourth-order valence-corrected chi connectivity index (χ4v) is 3.50. The van der Waals surface area contributed by atoms with Gasteiger partial charge in [-0.25, -0.2) is 0 Å². The highest BCUT2D eigenvalue weighted by Crippen LogP contribution is 2.29. The van der Waals surface area contributed by atoms with Crippen LogP contribution in [0.2, 0.25) is 0 Å². The molecule has 0 aliphatic carbocycles. The van der Waals surface area contributed by atoms with Gasteiger partial charge < -0.3 is 19.5 Å². The number of carbonyl (C=O) groups excluding carboxylic acids is 1. The van der Waals surface area contributed by atoms with Crippen LogP contribution in [-0.2, 0) is 22.1 Å². The summed E-state index contributed by atoms with van der Waals surface area (Å²) in [6.07, 6.45) is 3.83. The van der Waals surface area contributed by atoms with Crippen LogP contribution in [0.3, 0.4) is 0 Å². The molecular formula is C21H25NO5S. The van der Waals surface area contributed by atoms with Gasteiger partial charge in [0.25, 0.3) is 5.91 Å². The Morgan fingerprint density at radius 1 is 1.21 bits per heavy atom. The second-order valence-corrected chi connectivity index (χ2v) is 7.97.